The molecule has 1 aromatic carbocycles. The molecule has 1 aliphatic rings. The first-order valence-corrected chi connectivity index (χ1v) is 8.85. The summed E-state index contributed by atoms with van der Waals surface area (Å²) in [4.78, 5) is 39.8. The number of anilines is 1. The molecule has 0 spiro atoms. The summed E-state index contributed by atoms with van der Waals surface area (Å²) in [5, 5.41) is 5.48. The number of piperazine rings is 1. The van der Waals surface area contributed by atoms with Gasteiger partial charge in [0, 0.05) is 44.0 Å². The molecule has 1 saturated heterocycles. The van der Waals surface area contributed by atoms with Gasteiger partial charge in [0.05, 0.1) is 6.26 Å². The second kappa shape index (κ2) is 8.39. The molecule has 4 amide bonds. The first-order chi connectivity index (χ1) is 13.1. The van der Waals surface area contributed by atoms with E-state index in [-0.39, 0.29) is 23.6 Å². The van der Waals surface area contributed by atoms with E-state index in [0.717, 1.165) is 0 Å². The molecule has 0 bridgehead atoms. The van der Waals surface area contributed by atoms with Crippen molar-refractivity contribution in [2.24, 2.45) is 0 Å². The van der Waals surface area contributed by atoms with Crippen molar-refractivity contribution in [1.29, 1.82) is 0 Å². The minimum absolute atomic E-state index is 0.0885. The number of urea groups is 1. The number of amides is 4. The highest BCUT2D eigenvalue weighted by atomic mass is 16.3. The molecule has 1 aromatic heterocycles. The van der Waals surface area contributed by atoms with Crippen LogP contribution in [0.25, 0.3) is 0 Å². The lowest BCUT2D eigenvalue weighted by Gasteiger charge is -2.34. The highest BCUT2D eigenvalue weighted by Gasteiger charge is 2.24. The minimum Gasteiger partial charge on any atom is -0.459 e. The van der Waals surface area contributed by atoms with E-state index in [1.165, 1.54) is 6.26 Å². The Balaban J connectivity index is 1.55. The number of rotatable bonds is 4. The third-order valence-corrected chi connectivity index (χ3v) is 4.32. The van der Waals surface area contributed by atoms with Gasteiger partial charge in [-0.1, -0.05) is 0 Å². The standard InChI is InChI=1S/C19H22N4O4/c1-2-20-19(26)23-11-9-22(10-12-23)18(25)14-5-7-15(8-6-14)21-17(24)16-4-3-13-27-16/h3-8,13H,2,9-12H2,1H3,(H,20,26)(H,21,24). The number of nitrogens with zero attached hydrogens (tertiary/aromatic N) is 2. The molecule has 2 aromatic rings. The van der Waals surface area contributed by atoms with E-state index >= 15 is 0 Å². The number of furan rings is 1. The van der Waals surface area contributed by atoms with Gasteiger partial charge in [0.1, 0.15) is 0 Å². The Morgan fingerprint density at radius 1 is 1.00 bits per heavy atom. The number of hydrogen-bond donors (Lipinski definition) is 2. The molecule has 1 fully saturated rings. The van der Waals surface area contributed by atoms with E-state index in [1.807, 2.05) is 6.92 Å². The van der Waals surface area contributed by atoms with Crippen LogP contribution in [0.2, 0.25) is 0 Å². The summed E-state index contributed by atoms with van der Waals surface area (Å²) in [6, 6.07) is 9.83. The SMILES string of the molecule is CCNC(=O)N1CCN(C(=O)c2ccc(NC(=O)c3ccco3)cc2)CC1. The van der Waals surface area contributed by atoms with Crippen LogP contribution in [0, 0.1) is 0 Å². The van der Waals surface area contributed by atoms with E-state index < -0.39 is 0 Å². The smallest absolute Gasteiger partial charge is 0.317 e. The van der Waals surface area contributed by atoms with Crippen LogP contribution in [0.4, 0.5) is 10.5 Å². The Kier molecular flexibility index (Phi) is 5.75. The fraction of sp³-hybridized carbons (Fsp3) is 0.316. The number of benzene rings is 1. The van der Waals surface area contributed by atoms with Crippen LogP contribution in [0.5, 0.6) is 0 Å². The van der Waals surface area contributed by atoms with Crippen molar-refractivity contribution in [2.45, 2.75) is 6.92 Å². The molecule has 8 heteroatoms. The average Bonchev–Trinajstić information content (AvgIpc) is 3.23. The molecule has 0 aliphatic carbocycles. The molecule has 142 valence electrons. The van der Waals surface area contributed by atoms with E-state index in [4.69, 9.17) is 4.42 Å². The molecular weight excluding hydrogens is 348 g/mol. The molecule has 0 unspecified atom stereocenters. The van der Waals surface area contributed by atoms with Crippen LogP contribution in [-0.2, 0) is 0 Å². The Bertz CT molecular complexity index is 794. The van der Waals surface area contributed by atoms with Gasteiger partial charge in [-0.25, -0.2) is 4.79 Å². The van der Waals surface area contributed by atoms with Crippen LogP contribution < -0.4 is 10.6 Å². The fourth-order valence-corrected chi connectivity index (χ4v) is 2.85. The maximum absolute atomic E-state index is 12.6. The lowest BCUT2D eigenvalue weighted by atomic mass is 10.1. The number of carbonyl (C=O) groups is 3. The van der Waals surface area contributed by atoms with Gasteiger partial charge >= 0.3 is 6.03 Å². The van der Waals surface area contributed by atoms with Gasteiger partial charge in [-0.15, -0.1) is 0 Å². The summed E-state index contributed by atoms with van der Waals surface area (Å²) >= 11 is 0. The van der Waals surface area contributed by atoms with Gasteiger partial charge in [-0.05, 0) is 43.3 Å². The van der Waals surface area contributed by atoms with Crippen molar-refractivity contribution >= 4 is 23.5 Å². The van der Waals surface area contributed by atoms with Gasteiger partial charge in [0.2, 0.25) is 0 Å². The van der Waals surface area contributed by atoms with Gasteiger partial charge in [-0.3, -0.25) is 9.59 Å². The van der Waals surface area contributed by atoms with E-state index in [0.29, 0.717) is 44.0 Å². The molecular formula is C19H22N4O4. The Morgan fingerprint density at radius 2 is 1.67 bits per heavy atom. The van der Waals surface area contributed by atoms with Crippen LogP contribution in [0.1, 0.15) is 27.8 Å². The van der Waals surface area contributed by atoms with Crippen molar-refractivity contribution in [3.05, 3.63) is 54.0 Å². The van der Waals surface area contributed by atoms with Gasteiger partial charge in [-0.2, -0.15) is 0 Å². The van der Waals surface area contributed by atoms with Crippen molar-refractivity contribution in [3.8, 4) is 0 Å². The largest absolute Gasteiger partial charge is 0.459 e. The number of hydrogen-bond acceptors (Lipinski definition) is 4. The molecule has 3 rings (SSSR count). The summed E-state index contributed by atoms with van der Waals surface area (Å²) in [5.74, 6) is -0.213. The highest BCUT2D eigenvalue weighted by Crippen LogP contribution is 2.14. The predicted molar refractivity (Wildman–Crippen MR) is 99.7 cm³/mol. The summed E-state index contributed by atoms with van der Waals surface area (Å²) in [7, 11) is 0. The van der Waals surface area contributed by atoms with Gasteiger partial charge < -0.3 is 24.9 Å². The molecule has 2 heterocycles. The molecule has 8 nitrogen and oxygen atoms in total. The summed E-state index contributed by atoms with van der Waals surface area (Å²) < 4.78 is 5.04. The Labute approximate surface area is 157 Å². The highest BCUT2D eigenvalue weighted by molar-refractivity contribution is 6.02. The number of nitrogens with one attached hydrogen (secondary N) is 2. The zero-order valence-electron chi connectivity index (χ0n) is 15.1. The zero-order chi connectivity index (χ0) is 19.2. The normalized spacial score (nSPS) is 14.0. The third kappa shape index (κ3) is 4.46. The Hall–Kier alpha value is -3.29. The second-order valence-corrected chi connectivity index (χ2v) is 6.12. The van der Waals surface area contributed by atoms with E-state index in [1.54, 1.807) is 46.2 Å². The molecule has 1 aliphatic heterocycles. The van der Waals surface area contributed by atoms with Crippen LogP contribution in [-0.4, -0.2) is 60.4 Å². The molecule has 27 heavy (non-hydrogen) atoms. The molecule has 0 atom stereocenters. The maximum atomic E-state index is 12.6. The molecule has 2 N–H and O–H groups in total. The Morgan fingerprint density at radius 3 is 2.26 bits per heavy atom. The summed E-state index contributed by atoms with van der Waals surface area (Å²) in [5.41, 5.74) is 1.12. The van der Waals surface area contributed by atoms with Crippen molar-refractivity contribution < 1.29 is 18.8 Å². The minimum atomic E-state index is -0.347. The second-order valence-electron chi connectivity index (χ2n) is 6.12. The fourth-order valence-electron chi connectivity index (χ4n) is 2.85. The average molecular weight is 370 g/mol. The maximum Gasteiger partial charge on any atom is 0.317 e. The van der Waals surface area contributed by atoms with Gasteiger partial charge in [0.15, 0.2) is 5.76 Å². The van der Waals surface area contributed by atoms with E-state index in [9.17, 15) is 14.4 Å². The van der Waals surface area contributed by atoms with Crippen LogP contribution >= 0.6 is 0 Å². The van der Waals surface area contributed by atoms with Crippen molar-refractivity contribution in [2.75, 3.05) is 38.0 Å². The summed E-state index contributed by atoms with van der Waals surface area (Å²) in [6.45, 7) is 4.46. The lowest BCUT2D eigenvalue weighted by Crippen LogP contribution is -2.53. The zero-order valence-corrected chi connectivity index (χ0v) is 15.1. The number of carbonyl (C=O) groups excluding carboxylic acids is 3. The predicted octanol–water partition coefficient (Wildman–Crippen LogP) is 2.02. The van der Waals surface area contributed by atoms with E-state index in [2.05, 4.69) is 10.6 Å². The topological polar surface area (TPSA) is 94.9 Å². The third-order valence-electron chi connectivity index (χ3n) is 4.32. The lowest BCUT2D eigenvalue weighted by molar-refractivity contribution is 0.0665. The van der Waals surface area contributed by atoms with Crippen LogP contribution in [0.3, 0.4) is 0 Å². The molecule has 0 saturated carbocycles. The first-order valence-electron chi connectivity index (χ1n) is 8.85. The quantitative estimate of drug-likeness (QED) is 0.861. The van der Waals surface area contributed by atoms with Crippen LogP contribution in [0.15, 0.2) is 47.1 Å². The first kappa shape index (κ1) is 18.5. The van der Waals surface area contributed by atoms with Crippen molar-refractivity contribution in [1.82, 2.24) is 15.1 Å². The summed E-state index contributed by atoms with van der Waals surface area (Å²) in [6.07, 6.45) is 1.43. The molecule has 0 radical (unpaired) electrons. The monoisotopic (exact) mass is 370 g/mol. The van der Waals surface area contributed by atoms with Gasteiger partial charge in [0.25, 0.3) is 11.8 Å². The van der Waals surface area contributed by atoms with Crippen molar-refractivity contribution in [3.63, 3.8) is 0 Å².